The third-order valence-corrected chi connectivity index (χ3v) is 3.01. The molecule has 0 saturated heterocycles. The van der Waals surface area contributed by atoms with Crippen LogP contribution in [0.2, 0.25) is 0 Å². The van der Waals surface area contributed by atoms with Crippen molar-refractivity contribution in [2.75, 3.05) is 6.61 Å². The highest BCUT2D eigenvalue weighted by molar-refractivity contribution is 5.97. The SMILES string of the molecule is CC(=NNC(=O)[C@@H]1COc2ccccc2O1)c1ccco1. The third kappa shape index (κ3) is 2.89. The van der Waals surface area contributed by atoms with Gasteiger partial charge in [0.25, 0.3) is 5.91 Å². The molecule has 0 radical (unpaired) electrons. The summed E-state index contributed by atoms with van der Waals surface area (Å²) in [5.41, 5.74) is 3.03. The molecular formula is C15H14N2O4. The summed E-state index contributed by atoms with van der Waals surface area (Å²) >= 11 is 0. The number of nitrogens with zero attached hydrogens (tertiary/aromatic N) is 1. The van der Waals surface area contributed by atoms with Crippen LogP contribution >= 0.6 is 0 Å². The number of ether oxygens (including phenoxy) is 2. The molecule has 0 unspecified atom stereocenters. The van der Waals surface area contributed by atoms with Crippen LogP contribution in [0.25, 0.3) is 0 Å². The Bertz CT molecular complexity index is 664. The van der Waals surface area contributed by atoms with E-state index in [0.29, 0.717) is 23.0 Å². The van der Waals surface area contributed by atoms with Gasteiger partial charge in [-0.05, 0) is 31.2 Å². The summed E-state index contributed by atoms with van der Waals surface area (Å²) in [6, 6.07) is 10.7. The molecule has 108 valence electrons. The van der Waals surface area contributed by atoms with Crippen molar-refractivity contribution in [1.29, 1.82) is 0 Å². The molecule has 0 saturated carbocycles. The molecule has 1 atom stereocenters. The first-order valence-corrected chi connectivity index (χ1v) is 6.50. The van der Waals surface area contributed by atoms with Crippen molar-refractivity contribution in [3.8, 4) is 11.5 Å². The Morgan fingerprint density at radius 2 is 2.05 bits per heavy atom. The summed E-state index contributed by atoms with van der Waals surface area (Å²) < 4.78 is 16.3. The highest BCUT2D eigenvalue weighted by Gasteiger charge is 2.27. The molecule has 0 aliphatic carbocycles. The topological polar surface area (TPSA) is 73.1 Å². The fraction of sp³-hybridized carbons (Fsp3) is 0.200. The average molecular weight is 286 g/mol. The number of amides is 1. The van der Waals surface area contributed by atoms with Gasteiger partial charge in [0.05, 0.1) is 6.26 Å². The van der Waals surface area contributed by atoms with E-state index in [2.05, 4.69) is 10.5 Å². The lowest BCUT2D eigenvalue weighted by atomic mass is 10.2. The van der Waals surface area contributed by atoms with Gasteiger partial charge in [-0.25, -0.2) is 5.43 Å². The Morgan fingerprint density at radius 3 is 2.81 bits per heavy atom. The first-order valence-electron chi connectivity index (χ1n) is 6.50. The van der Waals surface area contributed by atoms with Gasteiger partial charge in [-0.2, -0.15) is 5.10 Å². The van der Waals surface area contributed by atoms with Crippen LogP contribution in [-0.4, -0.2) is 24.3 Å². The smallest absolute Gasteiger partial charge is 0.284 e. The molecule has 1 aliphatic heterocycles. The molecule has 1 amide bonds. The Labute approximate surface area is 121 Å². The highest BCUT2D eigenvalue weighted by atomic mass is 16.6. The van der Waals surface area contributed by atoms with E-state index in [0.717, 1.165) is 0 Å². The number of carbonyl (C=O) groups excluding carboxylic acids is 1. The highest BCUT2D eigenvalue weighted by Crippen LogP contribution is 2.30. The van der Waals surface area contributed by atoms with E-state index < -0.39 is 6.10 Å². The molecule has 2 aromatic rings. The first-order chi connectivity index (χ1) is 10.2. The quantitative estimate of drug-likeness (QED) is 0.691. The number of carbonyl (C=O) groups is 1. The molecule has 21 heavy (non-hydrogen) atoms. The minimum absolute atomic E-state index is 0.151. The van der Waals surface area contributed by atoms with Gasteiger partial charge in [-0.1, -0.05) is 12.1 Å². The van der Waals surface area contributed by atoms with E-state index in [-0.39, 0.29) is 12.5 Å². The number of hydrogen-bond acceptors (Lipinski definition) is 5. The first kappa shape index (κ1) is 13.2. The molecule has 2 heterocycles. The Balaban J connectivity index is 1.63. The third-order valence-electron chi connectivity index (χ3n) is 3.01. The number of rotatable bonds is 3. The van der Waals surface area contributed by atoms with Gasteiger partial charge in [-0.15, -0.1) is 0 Å². The van der Waals surface area contributed by atoms with Crippen LogP contribution in [-0.2, 0) is 4.79 Å². The number of furan rings is 1. The maximum Gasteiger partial charge on any atom is 0.284 e. The maximum atomic E-state index is 12.0. The van der Waals surface area contributed by atoms with Crippen LogP contribution in [0.5, 0.6) is 11.5 Å². The van der Waals surface area contributed by atoms with Crippen LogP contribution in [0.4, 0.5) is 0 Å². The van der Waals surface area contributed by atoms with Gasteiger partial charge in [-0.3, -0.25) is 4.79 Å². The molecule has 6 nitrogen and oxygen atoms in total. The molecule has 1 N–H and O–H groups in total. The Kier molecular flexibility index (Phi) is 3.59. The lowest BCUT2D eigenvalue weighted by Crippen LogP contribution is -2.42. The monoisotopic (exact) mass is 286 g/mol. The van der Waals surface area contributed by atoms with Crippen molar-refractivity contribution < 1.29 is 18.7 Å². The van der Waals surface area contributed by atoms with Crippen molar-refractivity contribution in [1.82, 2.24) is 5.43 Å². The second kappa shape index (κ2) is 5.70. The van der Waals surface area contributed by atoms with Crippen molar-refractivity contribution >= 4 is 11.6 Å². The normalized spacial score (nSPS) is 17.4. The summed E-state index contributed by atoms with van der Waals surface area (Å²) in [6.07, 6.45) is 0.818. The summed E-state index contributed by atoms with van der Waals surface area (Å²) in [4.78, 5) is 12.0. The van der Waals surface area contributed by atoms with Crippen molar-refractivity contribution in [3.05, 3.63) is 48.4 Å². The molecular weight excluding hydrogens is 272 g/mol. The zero-order valence-electron chi connectivity index (χ0n) is 11.4. The van der Waals surface area contributed by atoms with E-state index in [4.69, 9.17) is 13.9 Å². The second-order valence-electron chi connectivity index (χ2n) is 4.51. The van der Waals surface area contributed by atoms with Crippen molar-refractivity contribution in [2.24, 2.45) is 5.10 Å². The van der Waals surface area contributed by atoms with Crippen LogP contribution < -0.4 is 14.9 Å². The number of benzene rings is 1. The zero-order valence-corrected chi connectivity index (χ0v) is 11.4. The fourth-order valence-electron chi connectivity index (χ4n) is 1.90. The summed E-state index contributed by atoms with van der Waals surface area (Å²) in [6.45, 7) is 1.89. The maximum absolute atomic E-state index is 12.0. The number of hydrogen-bond donors (Lipinski definition) is 1. The number of nitrogens with one attached hydrogen (secondary N) is 1. The molecule has 0 fully saturated rings. The Hall–Kier alpha value is -2.76. The van der Waals surface area contributed by atoms with Crippen molar-refractivity contribution in [2.45, 2.75) is 13.0 Å². The zero-order chi connectivity index (χ0) is 14.7. The minimum Gasteiger partial charge on any atom is -0.485 e. The largest absolute Gasteiger partial charge is 0.485 e. The molecule has 1 aromatic heterocycles. The lowest BCUT2D eigenvalue weighted by molar-refractivity contribution is -0.130. The van der Waals surface area contributed by atoms with Crippen LogP contribution in [0.15, 0.2) is 52.2 Å². The lowest BCUT2D eigenvalue weighted by Gasteiger charge is -2.24. The van der Waals surface area contributed by atoms with Gasteiger partial charge in [0.15, 0.2) is 11.5 Å². The molecule has 1 aliphatic rings. The summed E-state index contributed by atoms with van der Waals surface area (Å²) in [7, 11) is 0. The molecule has 0 spiro atoms. The van der Waals surface area contributed by atoms with Gasteiger partial charge < -0.3 is 13.9 Å². The predicted octanol–water partition coefficient (Wildman–Crippen LogP) is 1.96. The molecule has 1 aromatic carbocycles. The molecule has 0 bridgehead atoms. The van der Waals surface area contributed by atoms with E-state index in [1.165, 1.54) is 0 Å². The Morgan fingerprint density at radius 1 is 1.24 bits per heavy atom. The van der Waals surface area contributed by atoms with Gasteiger partial charge in [0.1, 0.15) is 18.1 Å². The number of para-hydroxylation sites is 2. The standard InChI is InChI=1S/C15H14N2O4/c1-10(11-7-4-8-19-11)16-17-15(18)14-9-20-12-5-2-3-6-13(12)21-14/h2-8,14H,9H2,1H3,(H,17,18)/t14-/m0/s1. The predicted molar refractivity (Wildman–Crippen MR) is 75.4 cm³/mol. The molecule has 3 rings (SSSR count). The van der Waals surface area contributed by atoms with Gasteiger partial charge >= 0.3 is 0 Å². The van der Waals surface area contributed by atoms with Crippen LogP contribution in [0.3, 0.4) is 0 Å². The van der Waals surface area contributed by atoms with Gasteiger partial charge in [0, 0.05) is 0 Å². The number of hydrazone groups is 1. The minimum atomic E-state index is -0.729. The second-order valence-corrected chi connectivity index (χ2v) is 4.51. The van der Waals surface area contributed by atoms with Crippen LogP contribution in [0.1, 0.15) is 12.7 Å². The van der Waals surface area contributed by atoms with E-state index in [9.17, 15) is 4.79 Å². The summed E-state index contributed by atoms with van der Waals surface area (Å²) in [5.74, 6) is 1.42. The van der Waals surface area contributed by atoms with E-state index >= 15 is 0 Å². The van der Waals surface area contributed by atoms with E-state index in [1.54, 1.807) is 37.5 Å². The fourth-order valence-corrected chi connectivity index (χ4v) is 1.90. The number of fused-ring (bicyclic) bond motifs is 1. The average Bonchev–Trinajstić information content (AvgIpc) is 3.06. The van der Waals surface area contributed by atoms with Gasteiger partial charge in [0.2, 0.25) is 6.10 Å². The van der Waals surface area contributed by atoms with E-state index in [1.807, 2.05) is 12.1 Å². The summed E-state index contributed by atoms with van der Waals surface area (Å²) in [5, 5.41) is 3.99. The van der Waals surface area contributed by atoms with Crippen molar-refractivity contribution in [3.63, 3.8) is 0 Å². The molecule has 6 heteroatoms. The van der Waals surface area contributed by atoms with Crippen LogP contribution in [0, 0.1) is 0 Å².